The number of pyridine rings is 1. The summed E-state index contributed by atoms with van der Waals surface area (Å²) in [5.74, 6) is -0.420. The standard InChI is InChI=1S/C17H20F2N4O4S/c1-20-11-15(24)22-7-9-23(10-8-22)28(25,26)14-4-2-3-13-12(14)5-6-21-16(13)27-17(18)19/h2-6,17,20H,7-11H2,1H3. The highest BCUT2D eigenvalue weighted by Crippen LogP contribution is 2.31. The number of sulfonamides is 1. The van der Waals surface area contributed by atoms with Gasteiger partial charge in [-0.15, -0.1) is 0 Å². The largest absolute Gasteiger partial charge is 0.416 e. The molecule has 152 valence electrons. The molecule has 8 nitrogen and oxygen atoms in total. The Labute approximate surface area is 161 Å². The van der Waals surface area contributed by atoms with Gasteiger partial charge in [0.2, 0.25) is 21.8 Å². The number of benzene rings is 1. The first kappa shape index (κ1) is 20.4. The van der Waals surface area contributed by atoms with Gasteiger partial charge in [0, 0.05) is 43.1 Å². The highest BCUT2D eigenvalue weighted by Gasteiger charge is 2.31. The van der Waals surface area contributed by atoms with Crippen molar-refractivity contribution < 1.29 is 26.7 Å². The van der Waals surface area contributed by atoms with Crippen LogP contribution in [0.4, 0.5) is 8.78 Å². The van der Waals surface area contributed by atoms with E-state index in [-0.39, 0.29) is 60.2 Å². The van der Waals surface area contributed by atoms with E-state index in [1.165, 1.54) is 34.8 Å². The predicted molar refractivity (Wildman–Crippen MR) is 97.6 cm³/mol. The average Bonchev–Trinajstić information content (AvgIpc) is 2.67. The van der Waals surface area contributed by atoms with E-state index < -0.39 is 16.6 Å². The molecular formula is C17H20F2N4O4S. The number of rotatable bonds is 6. The van der Waals surface area contributed by atoms with Crippen LogP contribution in [-0.2, 0) is 14.8 Å². The van der Waals surface area contributed by atoms with Crippen molar-refractivity contribution in [3.05, 3.63) is 30.5 Å². The number of amides is 1. The quantitative estimate of drug-likeness (QED) is 0.755. The molecule has 1 N–H and O–H groups in total. The lowest BCUT2D eigenvalue weighted by molar-refractivity contribution is -0.131. The molecule has 0 unspecified atom stereocenters. The molecular weight excluding hydrogens is 394 g/mol. The summed E-state index contributed by atoms with van der Waals surface area (Å²) in [7, 11) is -2.22. The summed E-state index contributed by atoms with van der Waals surface area (Å²) in [6, 6.07) is 5.81. The fraction of sp³-hybridized carbons (Fsp3) is 0.412. The molecule has 1 saturated heterocycles. The van der Waals surface area contributed by atoms with Crippen LogP contribution in [0.1, 0.15) is 0 Å². The lowest BCUT2D eigenvalue weighted by Crippen LogP contribution is -2.52. The normalized spacial score (nSPS) is 15.9. The lowest BCUT2D eigenvalue weighted by atomic mass is 10.2. The zero-order valence-corrected chi connectivity index (χ0v) is 16.0. The molecule has 1 amide bonds. The van der Waals surface area contributed by atoms with Crippen molar-refractivity contribution >= 4 is 26.7 Å². The maximum atomic E-state index is 13.1. The smallest absolute Gasteiger partial charge is 0.388 e. The fourth-order valence-electron chi connectivity index (χ4n) is 3.13. The van der Waals surface area contributed by atoms with Gasteiger partial charge < -0.3 is 15.0 Å². The minimum Gasteiger partial charge on any atom is -0.416 e. The summed E-state index contributed by atoms with van der Waals surface area (Å²) in [5, 5.41) is 3.22. The first-order chi connectivity index (χ1) is 13.3. The van der Waals surface area contributed by atoms with Crippen LogP contribution in [0.5, 0.6) is 5.88 Å². The number of aromatic nitrogens is 1. The van der Waals surface area contributed by atoms with Gasteiger partial charge in [0.05, 0.1) is 11.4 Å². The molecule has 1 aliphatic heterocycles. The minimum atomic E-state index is -3.89. The second-order valence-electron chi connectivity index (χ2n) is 6.16. The zero-order chi connectivity index (χ0) is 20.3. The molecule has 3 rings (SSSR count). The molecule has 0 aliphatic carbocycles. The number of piperazine rings is 1. The summed E-state index contributed by atoms with van der Waals surface area (Å²) >= 11 is 0. The number of carbonyl (C=O) groups is 1. The van der Waals surface area contributed by atoms with E-state index in [1.807, 2.05) is 0 Å². The van der Waals surface area contributed by atoms with Crippen LogP contribution in [0.15, 0.2) is 35.4 Å². The first-order valence-electron chi connectivity index (χ1n) is 8.59. The SMILES string of the molecule is CNCC(=O)N1CCN(S(=O)(=O)c2cccc3c(OC(F)F)nccc23)CC1. The Morgan fingerprint density at radius 2 is 1.93 bits per heavy atom. The van der Waals surface area contributed by atoms with E-state index in [0.717, 1.165) is 0 Å². The average molecular weight is 414 g/mol. The van der Waals surface area contributed by atoms with Crippen LogP contribution < -0.4 is 10.1 Å². The summed E-state index contributed by atoms with van der Waals surface area (Å²) in [5.41, 5.74) is 0. The summed E-state index contributed by atoms with van der Waals surface area (Å²) in [6.45, 7) is -2.01. The van der Waals surface area contributed by atoms with Crippen molar-refractivity contribution in [2.75, 3.05) is 39.8 Å². The Hall–Kier alpha value is -2.37. The molecule has 1 aromatic heterocycles. The Bertz CT molecular complexity index is 963. The number of hydrogen-bond acceptors (Lipinski definition) is 6. The van der Waals surface area contributed by atoms with Crippen molar-refractivity contribution in [2.45, 2.75) is 11.5 Å². The summed E-state index contributed by atoms with van der Waals surface area (Å²) in [4.78, 5) is 17.3. The van der Waals surface area contributed by atoms with E-state index in [1.54, 1.807) is 11.9 Å². The van der Waals surface area contributed by atoms with Crippen LogP contribution in [0.3, 0.4) is 0 Å². The number of likely N-dealkylation sites (N-methyl/N-ethyl adjacent to an activating group) is 1. The number of hydrogen-bond donors (Lipinski definition) is 1. The van der Waals surface area contributed by atoms with Crippen molar-refractivity contribution in [2.24, 2.45) is 0 Å². The number of nitrogens with one attached hydrogen (secondary N) is 1. The van der Waals surface area contributed by atoms with Gasteiger partial charge in [0.25, 0.3) is 0 Å². The third kappa shape index (κ3) is 4.05. The molecule has 0 atom stereocenters. The van der Waals surface area contributed by atoms with E-state index >= 15 is 0 Å². The summed E-state index contributed by atoms with van der Waals surface area (Å²) in [6.07, 6.45) is 1.23. The maximum Gasteiger partial charge on any atom is 0.388 e. The molecule has 1 aromatic carbocycles. The second-order valence-corrected chi connectivity index (χ2v) is 8.07. The van der Waals surface area contributed by atoms with Crippen LogP contribution in [-0.4, -0.2) is 74.9 Å². The van der Waals surface area contributed by atoms with E-state index in [4.69, 9.17) is 0 Å². The molecule has 0 radical (unpaired) electrons. The molecule has 0 spiro atoms. The van der Waals surface area contributed by atoms with Gasteiger partial charge in [-0.1, -0.05) is 6.07 Å². The molecule has 1 fully saturated rings. The third-order valence-electron chi connectivity index (χ3n) is 4.47. The van der Waals surface area contributed by atoms with Crippen LogP contribution in [0.2, 0.25) is 0 Å². The van der Waals surface area contributed by atoms with Crippen molar-refractivity contribution in [3.63, 3.8) is 0 Å². The van der Waals surface area contributed by atoms with Gasteiger partial charge in [-0.05, 0) is 25.2 Å². The van der Waals surface area contributed by atoms with Gasteiger partial charge in [-0.25, -0.2) is 13.4 Å². The van der Waals surface area contributed by atoms with Gasteiger partial charge >= 0.3 is 6.61 Å². The molecule has 2 aromatic rings. The predicted octanol–water partition coefficient (Wildman–Crippen LogP) is 0.888. The van der Waals surface area contributed by atoms with Crippen LogP contribution in [0, 0.1) is 0 Å². The number of alkyl halides is 2. The number of carbonyl (C=O) groups excluding carboxylic acids is 1. The van der Waals surface area contributed by atoms with Crippen LogP contribution >= 0.6 is 0 Å². The molecule has 0 saturated carbocycles. The molecule has 2 heterocycles. The van der Waals surface area contributed by atoms with E-state index in [9.17, 15) is 22.0 Å². The number of halogens is 2. The van der Waals surface area contributed by atoms with Gasteiger partial charge in [-0.2, -0.15) is 13.1 Å². The van der Waals surface area contributed by atoms with Crippen molar-refractivity contribution in [3.8, 4) is 5.88 Å². The Morgan fingerprint density at radius 1 is 1.21 bits per heavy atom. The fourth-order valence-corrected chi connectivity index (χ4v) is 4.76. The molecule has 28 heavy (non-hydrogen) atoms. The monoisotopic (exact) mass is 414 g/mol. The number of ether oxygens (including phenoxy) is 1. The molecule has 11 heteroatoms. The first-order valence-corrected chi connectivity index (χ1v) is 10.0. The Balaban J connectivity index is 1.89. The Morgan fingerprint density at radius 3 is 2.57 bits per heavy atom. The maximum absolute atomic E-state index is 13.1. The zero-order valence-electron chi connectivity index (χ0n) is 15.1. The number of nitrogens with zero attached hydrogens (tertiary/aromatic N) is 3. The molecule has 1 aliphatic rings. The highest BCUT2D eigenvalue weighted by atomic mass is 32.2. The summed E-state index contributed by atoms with van der Waals surface area (Å²) < 4.78 is 57.2. The van der Waals surface area contributed by atoms with Gasteiger partial charge in [0.15, 0.2) is 0 Å². The Kier molecular flexibility index (Phi) is 6.06. The van der Waals surface area contributed by atoms with Crippen molar-refractivity contribution in [1.82, 2.24) is 19.5 Å². The van der Waals surface area contributed by atoms with E-state index in [2.05, 4.69) is 15.0 Å². The van der Waals surface area contributed by atoms with Crippen LogP contribution in [0.25, 0.3) is 10.8 Å². The topological polar surface area (TPSA) is 91.8 Å². The second kappa shape index (κ2) is 8.33. The minimum absolute atomic E-state index is 0.0125. The van der Waals surface area contributed by atoms with Crippen molar-refractivity contribution in [1.29, 1.82) is 0 Å². The van der Waals surface area contributed by atoms with Gasteiger partial charge in [-0.3, -0.25) is 4.79 Å². The molecule has 0 bridgehead atoms. The lowest BCUT2D eigenvalue weighted by Gasteiger charge is -2.34. The van der Waals surface area contributed by atoms with E-state index in [0.29, 0.717) is 0 Å². The van der Waals surface area contributed by atoms with Gasteiger partial charge in [0.1, 0.15) is 0 Å². The third-order valence-corrected chi connectivity index (χ3v) is 6.42. The highest BCUT2D eigenvalue weighted by molar-refractivity contribution is 7.89. The number of fused-ring (bicyclic) bond motifs is 1.